The summed E-state index contributed by atoms with van der Waals surface area (Å²) in [4.78, 5) is 33.8. The molecule has 0 bridgehead atoms. The van der Waals surface area contributed by atoms with Gasteiger partial charge < -0.3 is 15.0 Å². The lowest BCUT2D eigenvalue weighted by Gasteiger charge is -2.12. The zero-order chi connectivity index (χ0) is 17.1. The predicted molar refractivity (Wildman–Crippen MR) is 97.1 cm³/mol. The summed E-state index contributed by atoms with van der Waals surface area (Å²) in [6, 6.07) is -0.0402. The average molecular weight is 367 g/mol. The molecule has 2 aromatic heterocycles. The van der Waals surface area contributed by atoms with Gasteiger partial charge in [0, 0.05) is 18.0 Å². The zero-order valence-corrected chi connectivity index (χ0v) is 15.4. The van der Waals surface area contributed by atoms with Gasteiger partial charge in [-0.25, -0.2) is 4.98 Å². The highest BCUT2D eigenvalue weighted by Crippen LogP contribution is 2.34. The highest BCUT2D eigenvalue weighted by Gasteiger charge is 2.20. The van der Waals surface area contributed by atoms with E-state index >= 15 is 0 Å². The number of carbonyl (C=O) groups is 1. The lowest BCUT2D eigenvalue weighted by Crippen LogP contribution is -2.36. The molecule has 130 valence electrons. The summed E-state index contributed by atoms with van der Waals surface area (Å²) in [7, 11) is 1.60. The fraction of sp³-hybridized carbons (Fsp3) is 0.562. The number of amides is 1. The van der Waals surface area contributed by atoms with Crippen LogP contribution in [0.4, 0.5) is 0 Å². The molecule has 0 aromatic carbocycles. The van der Waals surface area contributed by atoms with Crippen LogP contribution in [0.1, 0.15) is 30.2 Å². The number of aryl methyl sites for hydroxylation is 2. The van der Waals surface area contributed by atoms with Gasteiger partial charge >= 0.3 is 0 Å². The number of aromatic nitrogens is 2. The Morgan fingerprint density at radius 3 is 3.04 bits per heavy atom. The zero-order valence-electron chi connectivity index (χ0n) is 13.8. The fourth-order valence-electron chi connectivity index (χ4n) is 2.95. The number of rotatable bonds is 6. The van der Waals surface area contributed by atoms with Gasteiger partial charge in [0.15, 0.2) is 5.16 Å². The van der Waals surface area contributed by atoms with Crippen molar-refractivity contribution in [3.8, 4) is 0 Å². The van der Waals surface area contributed by atoms with E-state index in [4.69, 9.17) is 4.74 Å². The molecule has 2 aromatic rings. The van der Waals surface area contributed by atoms with Crippen LogP contribution in [0.25, 0.3) is 10.2 Å². The number of thiophene rings is 1. The van der Waals surface area contributed by atoms with Crippen molar-refractivity contribution in [1.82, 2.24) is 15.3 Å². The van der Waals surface area contributed by atoms with E-state index in [9.17, 15) is 9.59 Å². The normalized spacial score (nSPS) is 15.2. The maximum Gasteiger partial charge on any atom is 0.260 e. The molecule has 0 radical (unpaired) electrons. The maximum absolute atomic E-state index is 12.4. The van der Waals surface area contributed by atoms with Crippen LogP contribution in [-0.2, 0) is 22.4 Å². The van der Waals surface area contributed by atoms with Crippen LogP contribution in [0.15, 0.2) is 9.95 Å². The number of hydrogen-bond acceptors (Lipinski definition) is 6. The van der Waals surface area contributed by atoms with Crippen molar-refractivity contribution in [1.29, 1.82) is 0 Å². The summed E-state index contributed by atoms with van der Waals surface area (Å²) in [6.07, 6.45) is 4.32. The molecule has 8 heteroatoms. The Hall–Kier alpha value is -1.38. The lowest BCUT2D eigenvalue weighted by molar-refractivity contribution is -0.119. The Kier molecular flexibility index (Phi) is 5.57. The fourth-order valence-corrected chi connectivity index (χ4v) is 4.95. The molecule has 1 amide bonds. The number of hydrogen-bond donors (Lipinski definition) is 2. The SMILES string of the molecule is COC[C@H](C)NC(=O)CSc1nc2sc3c(c2c(=O)[nH]1)CCCC3. The van der Waals surface area contributed by atoms with Crippen LogP contribution in [-0.4, -0.2) is 41.4 Å². The molecule has 0 aliphatic heterocycles. The highest BCUT2D eigenvalue weighted by atomic mass is 32.2. The average Bonchev–Trinajstić information content (AvgIpc) is 2.92. The van der Waals surface area contributed by atoms with E-state index in [0.29, 0.717) is 11.8 Å². The van der Waals surface area contributed by atoms with Crippen molar-refractivity contribution in [2.45, 2.75) is 43.8 Å². The van der Waals surface area contributed by atoms with E-state index in [2.05, 4.69) is 15.3 Å². The van der Waals surface area contributed by atoms with E-state index in [1.807, 2.05) is 6.92 Å². The second-order valence-electron chi connectivity index (χ2n) is 5.97. The van der Waals surface area contributed by atoms with Crippen LogP contribution < -0.4 is 10.9 Å². The first-order chi connectivity index (χ1) is 11.6. The van der Waals surface area contributed by atoms with Gasteiger partial charge in [-0.3, -0.25) is 9.59 Å². The summed E-state index contributed by atoms with van der Waals surface area (Å²) in [5.74, 6) is 0.117. The molecule has 0 unspecified atom stereocenters. The molecule has 2 N–H and O–H groups in total. The molecule has 2 heterocycles. The van der Waals surface area contributed by atoms with Gasteiger partial charge in [-0.2, -0.15) is 0 Å². The first kappa shape index (κ1) is 17.4. The van der Waals surface area contributed by atoms with E-state index in [1.54, 1.807) is 18.4 Å². The molecule has 0 saturated heterocycles. The number of carbonyl (C=O) groups excluding carboxylic acids is 1. The number of fused-ring (bicyclic) bond motifs is 3. The molecular weight excluding hydrogens is 346 g/mol. The summed E-state index contributed by atoms with van der Waals surface area (Å²) in [6.45, 7) is 2.35. The van der Waals surface area contributed by atoms with Crippen molar-refractivity contribution in [3.05, 3.63) is 20.8 Å². The summed E-state index contributed by atoms with van der Waals surface area (Å²) in [5.41, 5.74) is 1.09. The minimum Gasteiger partial charge on any atom is -0.383 e. The predicted octanol–water partition coefficient (Wildman–Crippen LogP) is 2.11. The molecule has 0 spiro atoms. The standard InChI is InChI=1S/C16H21N3O3S2/c1-9(7-22-2)17-12(20)8-23-16-18-14(21)13-10-5-3-4-6-11(10)24-15(13)19-16/h9H,3-8H2,1-2H3,(H,17,20)(H,18,19,21)/t9-/m0/s1. The van der Waals surface area contributed by atoms with E-state index in [-0.39, 0.29) is 23.3 Å². The molecule has 24 heavy (non-hydrogen) atoms. The van der Waals surface area contributed by atoms with Crippen molar-refractivity contribution in [2.75, 3.05) is 19.5 Å². The van der Waals surface area contributed by atoms with Crippen molar-refractivity contribution in [3.63, 3.8) is 0 Å². The van der Waals surface area contributed by atoms with E-state index in [0.717, 1.165) is 29.5 Å². The largest absolute Gasteiger partial charge is 0.383 e. The minimum absolute atomic E-state index is 0.0402. The molecule has 0 saturated carbocycles. The molecular formula is C16H21N3O3S2. The van der Waals surface area contributed by atoms with Crippen LogP contribution >= 0.6 is 23.1 Å². The van der Waals surface area contributed by atoms with Gasteiger partial charge in [-0.05, 0) is 38.2 Å². The van der Waals surface area contributed by atoms with Gasteiger partial charge in [0.1, 0.15) is 4.83 Å². The summed E-state index contributed by atoms with van der Waals surface area (Å²) in [5, 5.41) is 4.09. The highest BCUT2D eigenvalue weighted by molar-refractivity contribution is 7.99. The Bertz CT molecular complexity index is 800. The van der Waals surface area contributed by atoms with Gasteiger partial charge in [0.25, 0.3) is 5.56 Å². The van der Waals surface area contributed by atoms with Crippen LogP contribution in [0, 0.1) is 0 Å². The van der Waals surface area contributed by atoms with Crippen molar-refractivity contribution >= 4 is 39.2 Å². The third-order valence-corrected chi connectivity index (χ3v) is 6.03. The van der Waals surface area contributed by atoms with E-state index in [1.165, 1.54) is 28.6 Å². The number of nitrogens with zero attached hydrogens (tertiary/aromatic N) is 1. The molecule has 6 nitrogen and oxygen atoms in total. The Morgan fingerprint density at radius 1 is 1.46 bits per heavy atom. The molecule has 1 aliphatic carbocycles. The quantitative estimate of drug-likeness (QED) is 0.603. The number of methoxy groups -OCH3 is 1. The van der Waals surface area contributed by atoms with Crippen LogP contribution in [0.2, 0.25) is 0 Å². The summed E-state index contributed by atoms with van der Waals surface area (Å²) >= 11 is 2.87. The first-order valence-electron chi connectivity index (χ1n) is 8.04. The Balaban J connectivity index is 1.72. The molecule has 1 aliphatic rings. The molecule has 3 rings (SSSR count). The second-order valence-corrected chi connectivity index (χ2v) is 8.02. The monoisotopic (exact) mass is 367 g/mol. The minimum atomic E-state index is -0.0993. The van der Waals surface area contributed by atoms with Crippen molar-refractivity contribution < 1.29 is 9.53 Å². The number of aromatic amines is 1. The Labute approximate surface area is 148 Å². The van der Waals surface area contributed by atoms with Crippen LogP contribution in [0.5, 0.6) is 0 Å². The van der Waals surface area contributed by atoms with E-state index < -0.39 is 0 Å². The van der Waals surface area contributed by atoms with Gasteiger partial charge in [0.2, 0.25) is 5.91 Å². The van der Waals surface area contributed by atoms with Gasteiger partial charge in [-0.15, -0.1) is 11.3 Å². The topological polar surface area (TPSA) is 84.1 Å². The number of thioether (sulfide) groups is 1. The second kappa shape index (κ2) is 7.67. The van der Waals surface area contributed by atoms with Gasteiger partial charge in [0.05, 0.1) is 17.7 Å². The number of ether oxygens (including phenoxy) is 1. The lowest BCUT2D eigenvalue weighted by atomic mass is 9.97. The Morgan fingerprint density at radius 2 is 2.25 bits per heavy atom. The van der Waals surface area contributed by atoms with Crippen LogP contribution in [0.3, 0.4) is 0 Å². The van der Waals surface area contributed by atoms with Crippen molar-refractivity contribution in [2.24, 2.45) is 0 Å². The third-order valence-electron chi connectivity index (χ3n) is 3.97. The number of nitrogens with one attached hydrogen (secondary N) is 2. The molecule has 1 atom stereocenters. The number of H-pyrrole nitrogens is 1. The third kappa shape index (κ3) is 3.81. The summed E-state index contributed by atoms with van der Waals surface area (Å²) < 4.78 is 4.99. The smallest absolute Gasteiger partial charge is 0.260 e. The molecule has 0 fully saturated rings. The maximum atomic E-state index is 12.4. The van der Waals surface area contributed by atoms with Gasteiger partial charge in [-0.1, -0.05) is 11.8 Å². The first-order valence-corrected chi connectivity index (χ1v) is 9.84.